The van der Waals surface area contributed by atoms with E-state index >= 15 is 0 Å². The van der Waals surface area contributed by atoms with Gasteiger partial charge in [0.2, 0.25) is 10.0 Å². The average Bonchev–Trinajstić information content (AvgIpc) is 2.92. The zero-order valence-corrected chi connectivity index (χ0v) is 14.3. The van der Waals surface area contributed by atoms with Crippen LogP contribution < -0.4 is 5.73 Å². The standard InChI is InChI=1S/C15H18ClF3N2O2S/c16-10-4-5-14(12(6-10)15(17,18)19)24(22,23)21-7-9-2-1-3-13(20)11(9)8-21/h4-6,9,11,13H,1-3,7-8,20H2. The zero-order valence-electron chi connectivity index (χ0n) is 12.8. The molecule has 0 spiro atoms. The van der Waals surface area contributed by atoms with Crippen LogP contribution in [0.25, 0.3) is 0 Å². The van der Waals surface area contributed by atoms with Crippen molar-refractivity contribution in [1.29, 1.82) is 0 Å². The number of hydrogen-bond donors (Lipinski definition) is 1. The van der Waals surface area contributed by atoms with Gasteiger partial charge in [-0.25, -0.2) is 8.42 Å². The molecule has 3 rings (SSSR count). The number of sulfonamides is 1. The van der Waals surface area contributed by atoms with Crippen molar-refractivity contribution in [2.24, 2.45) is 17.6 Å². The SMILES string of the molecule is NC1CCCC2CN(S(=O)(=O)c3ccc(Cl)cc3C(F)(F)F)CC12. The predicted molar refractivity (Wildman–Crippen MR) is 84.0 cm³/mol. The van der Waals surface area contributed by atoms with Gasteiger partial charge < -0.3 is 5.73 Å². The molecule has 1 aliphatic carbocycles. The first-order chi connectivity index (χ1) is 11.1. The third-order valence-corrected chi connectivity index (χ3v) is 7.11. The molecular weight excluding hydrogens is 365 g/mol. The van der Waals surface area contributed by atoms with E-state index in [4.69, 9.17) is 17.3 Å². The van der Waals surface area contributed by atoms with Crippen molar-refractivity contribution in [3.63, 3.8) is 0 Å². The van der Waals surface area contributed by atoms with Crippen LogP contribution in [0.1, 0.15) is 24.8 Å². The summed E-state index contributed by atoms with van der Waals surface area (Å²) in [5.74, 6) is 0.125. The fourth-order valence-corrected chi connectivity index (χ4v) is 5.66. The van der Waals surface area contributed by atoms with Crippen molar-refractivity contribution < 1.29 is 21.6 Å². The van der Waals surface area contributed by atoms with Crippen molar-refractivity contribution in [2.75, 3.05) is 13.1 Å². The van der Waals surface area contributed by atoms with E-state index in [1.54, 1.807) is 0 Å². The van der Waals surface area contributed by atoms with E-state index in [9.17, 15) is 21.6 Å². The monoisotopic (exact) mass is 382 g/mol. The fourth-order valence-electron chi connectivity index (χ4n) is 3.76. The Bertz CT molecular complexity index is 739. The van der Waals surface area contributed by atoms with Gasteiger partial charge in [-0.1, -0.05) is 18.0 Å². The number of nitrogens with zero attached hydrogens (tertiary/aromatic N) is 1. The van der Waals surface area contributed by atoms with Gasteiger partial charge in [0.15, 0.2) is 0 Å². The van der Waals surface area contributed by atoms with Crippen LogP contribution in [-0.4, -0.2) is 31.9 Å². The summed E-state index contributed by atoms with van der Waals surface area (Å²) in [6.45, 7) is 0.398. The van der Waals surface area contributed by atoms with Crippen molar-refractivity contribution >= 4 is 21.6 Å². The molecular formula is C15H18ClF3N2O2S. The quantitative estimate of drug-likeness (QED) is 0.854. The Hall–Kier alpha value is -0.830. The van der Waals surface area contributed by atoms with Gasteiger partial charge >= 0.3 is 6.18 Å². The molecule has 4 nitrogen and oxygen atoms in total. The molecule has 24 heavy (non-hydrogen) atoms. The fraction of sp³-hybridized carbons (Fsp3) is 0.600. The Kier molecular flexibility index (Phi) is 4.61. The summed E-state index contributed by atoms with van der Waals surface area (Å²) >= 11 is 5.63. The number of fused-ring (bicyclic) bond motifs is 1. The van der Waals surface area contributed by atoms with Crippen LogP contribution >= 0.6 is 11.6 Å². The van der Waals surface area contributed by atoms with E-state index in [-0.39, 0.29) is 36.0 Å². The van der Waals surface area contributed by atoms with Gasteiger partial charge in [0.25, 0.3) is 0 Å². The second kappa shape index (κ2) is 6.16. The molecule has 9 heteroatoms. The smallest absolute Gasteiger partial charge is 0.327 e. The van der Waals surface area contributed by atoms with Crippen LogP contribution in [0.2, 0.25) is 5.02 Å². The van der Waals surface area contributed by atoms with Crippen LogP contribution in [0.4, 0.5) is 13.2 Å². The molecule has 1 aromatic rings. The molecule has 0 amide bonds. The number of benzene rings is 1. The Morgan fingerprint density at radius 3 is 2.54 bits per heavy atom. The minimum absolute atomic E-state index is 0.00941. The lowest BCUT2D eigenvalue weighted by Crippen LogP contribution is -2.38. The third-order valence-electron chi connectivity index (χ3n) is 4.99. The highest BCUT2D eigenvalue weighted by Crippen LogP contribution is 2.41. The Morgan fingerprint density at radius 1 is 1.21 bits per heavy atom. The van der Waals surface area contributed by atoms with Crippen molar-refractivity contribution in [3.05, 3.63) is 28.8 Å². The molecule has 3 atom stereocenters. The molecule has 1 saturated heterocycles. The van der Waals surface area contributed by atoms with Crippen LogP contribution in [-0.2, 0) is 16.2 Å². The molecule has 0 radical (unpaired) electrons. The molecule has 1 aliphatic heterocycles. The molecule has 0 aromatic heterocycles. The Labute approximate surface area is 143 Å². The van der Waals surface area contributed by atoms with Gasteiger partial charge in [-0.15, -0.1) is 0 Å². The summed E-state index contributed by atoms with van der Waals surface area (Å²) in [7, 11) is -4.25. The summed E-state index contributed by atoms with van der Waals surface area (Å²) in [6.07, 6.45) is -2.19. The lowest BCUT2D eigenvalue weighted by molar-refractivity contribution is -0.139. The van der Waals surface area contributed by atoms with E-state index in [0.29, 0.717) is 6.07 Å². The van der Waals surface area contributed by atoms with E-state index < -0.39 is 26.7 Å². The Balaban J connectivity index is 1.98. The van der Waals surface area contributed by atoms with Gasteiger partial charge in [-0.2, -0.15) is 17.5 Å². The minimum Gasteiger partial charge on any atom is -0.327 e. The lowest BCUT2D eigenvalue weighted by Gasteiger charge is -2.29. The molecule has 3 unspecified atom stereocenters. The molecule has 2 fully saturated rings. The normalized spacial score (nSPS) is 28.8. The summed E-state index contributed by atoms with van der Waals surface area (Å²) in [4.78, 5) is -0.744. The third kappa shape index (κ3) is 3.16. The highest BCUT2D eigenvalue weighted by atomic mass is 35.5. The molecule has 2 N–H and O–H groups in total. The Morgan fingerprint density at radius 2 is 1.92 bits per heavy atom. The van der Waals surface area contributed by atoms with Gasteiger partial charge in [-0.05, 0) is 42.9 Å². The number of hydrogen-bond acceptors (Lipinski definition) is 3. The lowest BCUT2D eigenvalue weighted by atomic mass is 9.78. The van der Waals surface area contributed by atoms with E-state index in [1.807, 2.05) is 0 Å². The zero-order chi connectivity index (χ0) is 17.7. The highest BCUT2D eigenvalue weighted by Gasteiger charge is 2.45. The van der Waals surface area contributed by atoms with Crippen molar-refractivity contribution in [1.82, 2.24) is 4.31 Å². The summed E-state index contributed by atoms with van der Waals surface area (Å²) in [5, 5.41) is -0.154. The molecule has 0 bridgehead atoms. The minimum atomic E-state index is -4.80. The second-order valence-electron chi connectivity index (χ2n) is 6.48. The number of rotatable bonds is 2. The molecule has 2 aliphatic rings. The largest absolute Gasteiger partial charge is 0.417 e. The van der Waals surface area contributed by atoms with Gasteiger partial charge in [-0.3, -0.25) is 0 Å². The van der Waals surface area contributed by atoms with Crippen LogP contribution in [0, 0.1) is 11.8 Å². The molecule has 1 saturated carbocycles. The summed E-state index contributed by atoms with van der Waals surface area (Å²) in [6, 6.07) is 2.65. The van der Waals surface area contributed by atoms with Gasteiger partial charge in [0, 0.05) is 24.2 Å². The summed E-state index contributed by atoms with van der Waals surface area (Å²) in [5.41, 5.74) is 4.84. The van der Waals surface area contributed by atoms with Crippen LogP contribution in [0.15, 0.2) is 23.1 Å². The maximum absolute atomic E-state index is 13.2. The number of halogens is 4. The molecule has 1 aromatic carbocycles. The number of alkyl halides is 3. The number of nitrogens with two attached hydrogens (primary N) is 1. The van der Waals surface area contributed by atoms with Gasteiger partial charge in [0.05, 0.1) is 10.5 Å². The van der Waals surface area contributed by atoms with E-state index in [2.05, 4.69) is 0 Å². The van der Waals surface area contributed by atoms with Crippen molar-refractivity contribution in [3.8, 4) is 0 Å². The van der Waals surface area contributed by atoms with Crippen molar-refractivity contribution in [2.45, 2.75) is 36.4 Å². The topological polar surface area (TPSA) is 63.4 Å². The first-order valence-electron chi connectivity index (χ1n) is 7.73. The van der Waals surface area contributed by atoms with Crippen LogP contribution in [0.5, 0.6) is 0 Å². The highest BCUT2D eigenvalue weighted by molar-refractivity contribution is 7.89. The molecule has 1 heterocycles. The van der Waals surface area contributed by atoms with Crippen LogP contribution in [0.3, 0.4) is 0 Å². The van der Waals surface area contributed by atoms with E-state index in [1.165, 1.54) is 6.07 Å². The maximum atomic E-state index is 13.2. The summed E-state index contributed by atoms with van der Waals surface area (Å²) < 4.78 is 66.5. The maximum Gasteiger partial charge on any atom is 0.417 e. The predicted octanol–water partition coefficient (Wildman–Crippen LogP) is 3.11. The van der Waals surface area contributed by atoms with Gasteiger partial charge in [0.1, 0.15) is 0 Å². The second-order valence-corrected chi connectivity index (χ2v) is 8.82. The average molecular weight is 383 g/mol. The van der Waals surface area contributed by atoms with E-state index in [0.717, 1.165) is 29.6 Å². The first kappa shape index (κ1) is 18.0. The molecule has 134 valence electrons. The first-order valence-corrected chi connectivity index (χ1v) is 9.55.